The summed E-state index contributed by atoms with van der Waals surface area (Å²) in [5.41, 5.74) is 0. The fourth-order valence-electron chi connectivity index (χ4n) is 2.17. The van der Waals surface area contributed by atoms with Gasteiger partial charge in [-0.2, -0.15) is 0 Å². The van der Waals surface area contributed by atoms with E-state index >= 15 is 0 Å². The second-order valence-corrected chi connectivity index (χ2v) is 5.10. The molecule has 0 spiro atoms. The van der Waals surface area contributed by atoms with Gasteiger partial charge in [0.2, 0.25) is 11.8 Å². The molecule has 19 heavy (non-hydrogen) atoms. The number of aliphatic hydroxyl groups is 1. The van der Waals surface area contributed by atoms with Crippen molar-refractivity contribution in [2.24, 2.45) is 0 Å². The number of hydrogen-bond acceptors (Lipinski definition) is 6. The van der Waals surface area contributed by atoms with E-state index < -0.39 is 0 Å². The average molecular weight is 268 g/mol. The summed E-state index contributed by atoms with van der Waals surface area (Å²) in [6, 6.07) is 0.216. The van der Waals surface area contributed by atoms with E-state index in [0.29, 0.717) is 5.89 Å². The van der Waals surface area contributed by atoms with Crippen LogP contribution in [0.5, 0.6) is 0 Å². The third-order valence-corrected chi connectivity index (χ3v) is 3.24. The van der Waals surface area contributed by atoms with Crippen LogP contribution in [0.2, 0.25) is 0 Å². The summed E-state index contributed by atoms with van der Waals surface area (Å²) in [6.45, 7) is 5.04. The smallest absolute Gasteiger partial charge is 0.322 e. The van der Waals surface area contributed by atoms with Crippen molar-refractivity contribution in [2.75, 3.05) is 25.0 Å². The standard InChI is InChI=1S/C12H20N4O3/c1-8(2)11-14-15-12(19-11)13-10(18)6-16-5-3-4-9(16)7-17/h8-9,17H,3-7H2,1-2H3,(H,13,15,18)/t9-/m1/s1. The lowest BCUT2D eigenvalue weighted by atomic mass is 10.2. The van der Waals surface area contributed by atoms with Crippen molar-refractivity contribution in [1.82, 2.24) is 15.1 Å². The molecule has 2 heterocycles. The number of hydrogen-bond donors (Lipinski definition) is 2. The molecule has 1 fully saturated rings. The van der Waals surface area contributed by atoms with Gasteiger partial charge in [-0.15, -0.1) is 5.10 Å². The largest absolute Gasteiger partial charge is 0.408 e. The average Bonchev–Trinajstić information content (AvgIpc) is 2.97. The Labute approximate surface area is 112 Å². The van der Waals surface area contributed by atoms with Gasteiger partial charge in [-0.1, -0.05) is 18.9 Å². The van der Waals surface area contributed by atoms with Crippen LogP contribution in [0.25, 0.3) is 0 Å². The van der Waals surface area contributed by atoms with Crippen molar-refractivity contribution in [3.63, 3.8) is 0 Å². The second-order valence-electron chi connectivity index (χ2n) is 5.10. The van der Waals surface area contributed by atoms with Crippen LogP contribution in [0.4, 0.5) is 6.01 Å². The van der Waals surface area contributed by atoms with Crippen LogP contribution < -0.4 is 5.32 Å². The molecule has 1 saturated heterocycles. The lowest BCUT2D eigenvalue weighted by Gasteiger charge is -2.21. The molecule has 1 aromatic rings. The quantitative estimate of drug-likeness (QED) is 0.812. The zero-order chi connectivity index (χ0) is 13.8. The first-order valence-corrected chi connectivity index (χ1v) is 6.58. The third-order valence-electron chi connectivity index (χ3n) is 3.24. The van der Waals surface area contributed by atoms with Crippen LogP contribution in [0.3, 0.4) is 0 Å². The van der Waals surface area contributed by atoms with E-state index in [1.165, 1.54) is 0 Å². The fraction of sp³-hybridized carbons (Fsp3) is 0.750. The van der Waals surface area contributed by atoms with Gasteiger partial charge < -0.3 is 9.52 Å². The minimum absolute atomic E-state index is 0.0830. The van der Waals surface area contributed by atoms with Gasteiger partial charge in [-0.3, -0.25) is 15.0 Å². The Morgan fingerprint density at radius 1 is 1.58 bits per heavy atom. The molecular formula is C12H20N4O3. The van der Waals surface area contributed by atoms with E-state index in [1.807, 2.05) is 18.7 Å². The van der Waals surface area contributed by atoms with Crippen LogP contribution in [-0.4, -0.2) is 51.8 Å². The predicted molar refractivity (Wildman–Crippen MR) is 68.7 cm³/mol. The molecule has 0 unspecified atom stereocenters. The summed E-state index contributed by atoms with van der Waals surface area (Å²) in [4.78, 5) is 13.8. The van der Waals surface area contributed by atoms with Crippen LogP contribution in [0.15, 0.2) is 4.42 Å². The Bertz CT molecular complexity index is 432. The minimum Gasteiger partial charge on any atom is -0.408 e. The van der Waals surface area contributed by atoms with Gasteiger partial charge in [0.15, 0.2) is 0 Å². The Balaban J connectivity index is 1.86. The maximum Gasteiger partial charge on any atom is 0.322 e. The summed E-state index contributed by atoms with van der Waals surface area (Å²) in [7, 11) is 0. The number of anilines is 1. The van der Waals surface area contributed by atoms with Gasteiger partial charge in [0.05, 0.1) is 13.2 Å². The molecule has 7 nitrogen and oxygen atoms in total. The summed E-state index contributed by atoms with van der Waals surface area (Å²) < 4.78 is 5.31. The molecule has 2 rings (SSSR count). The second kappa shape index (κ2) is 6.12. The van der Waals surface area contributed by atoms with Crippen molar-refractivity contribution in [3.05, 3.63) is 5.89 Å². The summed E-state index contributed by atoms with van der Waals surface area (Å²) in [5.74, 6) is 0.444. The van der Waals surface area contributed by atoms with Crippen LogP contribution in [-0.2, 0) is 4.79 Å². The molecule has 0 bridgehead atoms. The maximum atomic E-state index is 11.8. The highest BCUT2D eigenvalue weighted by Gasteiger charge is 2.25. The molecule has 0 radical (unpaired) electrons. The van der Waals surface area contributed by atoms with Crippen LogP contribution >= 0.6 is 0 Å². The van der Waals surface area contributed by atoms with Gasteiger partial charge in [-0.05, 0) is 19.4 Å². The molecule has 1 amide bonds. The molecule has 2 N–H and O–H groups in total. The molecular weight excluding hydrogens is 248 g/mol. The first-order valence-electron chi connectivity index (χ1n) is 6.58. The first kappa shape index (κ1) is 14.0. The zero-order valence-electron chi connectivity index (χ0n) is 11.3. The van der Waals surface area contributed by atoms with E-state index in [1.54, 1.807) is 0 Å². The SMILES string of the molecule is CC(C)c1nnc(NC(=O)CN2CCC[C@@H]2CO)o1. The number of nitrogens with one attached hydrogen (secondary N) is 1. The minimum atomic E-state index is -0.195. The molecule has 7 heteroatoms. The molecule has 0 aromatic carbocycles. The molecule has 0 saturated carbocycles. The Hall–Kier alpha value is -1.47. The number of likely N-dealkylation sites (tertiary alicyclic amines) is 1. The van der Waals surface area contributed by atoms with Crippen molar-refractivity contribution in [1.29, 1.82) is 0 Å². The Morgan fingerprint density at radius 2 is 2.37 bits per heavy atom. The lowest BCUT2D eigenvalue weighted by Crippen LogP contribution is -2.38. The van der Waals surface area contributed by atoms with Crippen molar-refractivity contribution in [3.8, 4) is 0 Å². The summed E-state index contributed by atoms with van der Waals surface area (Å²) in [6.07, 6.45) is 1.94. The number of carbonyl (C=O) groups excluding carboxylic acids is 1. The number of aliphatic hydroxyl groups excluding tert-OH is 1. The summed E-state index contributed by atoms with van der Waals surface area (Å²) >= 11 is 0. The lowest BCUT2D eigenvalue weighted by molar-refractivity contribution is -0.117. The number of carbonyl (C=O) groups is 1. The molecule has 1 aromatic heterocycles. The molecule has 1 aliphatic heterocycles. The van der Waals surface area contributed by atoms with Crippen molar-refractivity contribution >= 4 is 11.9 Å². The fourth-order valence-corrected chi connectivity index (χ4v) is 2.17. The Kier molecular flexibility index (Phi) is 4.49. The normalized spacial score (nSPS) is 20.1. The van der Waals surface area contributed by atoms with Gasteiger partial charge >= 0.3 is 6.01 Å². The number of rotatable bonds is 5. The van der Waals surface area contributed by atoms with E-state index in [2.05, 4.69) is 15.5 Å². The highest BCUT2D eigenvalue weighted by atomic mass is 16.4. The number of nitrogens with zero attached hydrogens (tertiary/aromatic N) is 3. The zero-order valence-corrected chi connectivity index (χ0v) is 11.3. The van der Waals surface area contributed by atoms with Crippen LogP contribution in [0.1, 0.15) is 38.5 Å². The highest BCUT2D eigenvalue weighted by Crippen LogP contribution is 2.17. The molecule has 1 atom stereocenters. The van der Waals surface area contributed by atoms with E-state index in [-0.39, 0.29) is 37.0 Å². The van der Waals surface area contributed by atoms with Crippen molar-refractivity contribution in [2.45, 2.75) is 38.6 Å². The van der Waals surface area contributed by atoms with Crippen molar-refractivity contribution < 1.29 is 14.3 Å². The van der Waals surface area contributed by atoms with E-state index in [9.17, 15) is 9.90 Å². The first-order chi connectivity index (χ1) is 9.10. The molecule has 0 aliphatic carbocycles. The third kappa shape index (κ3) is 3.51. The molecule has 106 valence electrons. The van der Waals surface area contributed by atoms with E-state index in [4.69, 9.17) is 4.42 Å². The van der Waals surface area contributed by atoms with Gasteiger partial charge in [0.1, 0.15) is 0 Å². The van der Waals surface area contributed by atoms with Gasteiger partial charge in [0, 0.05) is 12.0 Å². The summed E-state index contributed by atoms with van der Waals surface area (Å²) in [5, 5.41) is 19.4. The molecule has 1 aliphatic rings. The maximum absolute atomic E-state index is 11.8. The Morgan fingerprint density at radius 3 is 3.00 bits per heavy atom. The number of amides is 1. The number of aromatic nitrogens is 2. The highest BCUT2D eigenvalue weighted by molar-refractivity contribution is 5.90. The van der Waals surface area contributed by atoms with Gasteiger partial charge in [-0.25, -0.2) is 0 Å². The topological polar surface area (TPSA) is 91.5 Å². The van der Waals surface area contributed by atoms with Crippen LogP contribution in [0, 0.1) is 0 Å². The monoisotopic (exact) mass is 268 g/mol. The van der Waals surface area contributed by atoms with Gasteiger partial charge in [0.25, 0.3) is 0 Å². The van der Waals surface area contributed by atoms with E-state index in [0.717, 1.165) is 19.4 Å². The predicted octanol–water partition coefficient (Wildman–Crippen LogP) is 0.588.